The Labute approximate surface area is 111 Å². The lowest BCUT2D eigenvalue weighted by molar-refractivity contribution is 0.134. The van der Waals surface area contributed by atoms with Crippen molar-refractivity contribution in [2.24, 2.45) is 0 Å². The van der Waals surface area contributed by atoms with E-state index < -0.39 is 0 Å². The van der Waals surface area contributed by atoms with Crippen molar-refractivity contribution in [3.05, 3.63) is 45.4 Å². The minimum atomic E-state index is 0.749. The molecule has 0 atom stereocenters. The van der Waals surface area contributed by atoms with Gasteiger partial charge in [-0.2, -0.15) is 0 Å². The smallest absolute Gasteiger partial charge is 0.0797 e. The predicted molar refractivity (Wildman–Crippen MR) is 74.0 cm³/mol. The van der Waals surface area contributed by atoms with E-state index in [4.69, 9.17) is 4.74 Å². The summed E-state index contributed by atoms with van der Waals surface area (Å²) in [4.78, 5) is 5.63. The molecule has 1 aromatic heterocycles. The number of hydrogen-bond acceptors (Lipinski definition) is 4. The number of hydrogen-bond donors (Lipinski definition) is 1. The first-order chi connectivity index (χ1) is 8.83. The minimum Gasteiger partial charge on any atom is -0.385 e. The molecule has 0 amide bonds. The Balaban J connectivity index is 1.59. The molecule has 1 aliphatic heterocycles. The fourth-order valence-electron chi connectivity index (χ4n) is 2.17. The monoisotopic (exact) mass is 260 g/mol. The van der Waals surface area contributed by atoms with Crippen LogP contribution in [0.5, 0.6) is 0 Å². The van der Waals surface area contributed by atoms with E-state index in [9.17, 15) is 0 Å². The third-order valence-corrected chi connectivity index (χ3v) is 4.24. The highest BCUT2D eigenvalue weighted by atomic mass is 32.1. The highest BCUT2D eigenvalue weighted by Gasteiger charge is 2.10. The number of anilines is 1. The van der Waals surface area contributed by atoms with Gasteiger partial charge in [-0.15, -0.1) is 11.3 Å². The molecule has 0 radical (unpaired) electrons. The molecule has 0 saturated heterocycles. The quantitative estimate of drug-likeness (QED) is 0.917. The molecule has 1 aromatic carbocycles. The molecule has 0 aliphatic carbocycles. The van der Waals surface area contributed by atoms with Crippen molar-refractivity contribution < 1.29 is 4.74 Å². The van der Waals surface area contributed by atoms with Gasteiger partial charge in [-0.25, -0.2) is 4.98 Å². The zero-order valence-corrected chi connectivity index (χ0v) is 11.2. The molecule has 0 saturated carbocycles. The van der Waals surface area contributed by atoms with Gasteiger partial charge in [-0.1, -0.05) is 6.07 Å². The molecule has 3 rings (SSSR count). The van der Waals surface area contributed by atoms with Crippen molar-refractivity contribution >= 4 is 17.0 Å². The van der Waals surface area contributed by atoms with Crippen molar-refractivity contribution in [1.82, 2.24) is 4.98 Å². The van der Waals surface area contributed by atoms with Crippen molar-refractivity contribution in [3.8, 4) is 0 Å². The standard InChI is InChI=1S/C14H16N2OS/c1-10-14(18-9-16-10)4-5-15-13-3-2-11-7-17-8-12(11)6-13/h2-3,6,9,15H,4-5,7-8H2,1H3. The van der Waals surface area contributed by atoms with E-state index in [0.717, 1.165) is 31.9 Å². The first-order valence-corrected chi connectivity index (χ1v) is 7.03. The largest absolute Gasteiger partial charge is 0.385 e. The van der Waals surface area contributed by atoms with Crippen LogP contribution in [0.25, 0.3) is 0 Å². The van der Waals surface area contributed by atoms with E-state index in [1.165, 1.54) is 21.7 Å². The van der Waals surface area contributed by atoms with Crippen LogP contribution in [0.4, 0.5) is 5.69 Å². The van der Waals surface area contributed by atoms with Crippen molar-refractivity contribution in [2.45, 2.75) is 26.6 Å². The van der Waals surface area contributed by atoms with Crippen LogP contribution in [0.1, 0.15) is 21.7 Å². The highest BCUT2D eigenvalue weighted by Crippen LogP contribution is 2.23. The summed E-state index contributed by atoms with van der Waals surface area (Å²) in [6.45, 7) is 4.52. The van der Waals surface area contributed by atoms with Gasteiger partial charge in [0.25, 0.3) is 0 Å². The van der Waals surface area contributed by atoms with E-state index >= 15 is 0 Å². The van der Waals surface area contributed by atoms with Gasteiger partial charge in [0, 0.05) is 23.5 Å². The highest BCUT2D eigenvalue weighted by molar-refractivity contribution is 7.09. The van der Waals surface area contributed by atoms with Crippen molar-refractivity contribution in [1.29, 1.82) is 0 Å². The molecule has 0 bridgehead atoms. The molecule has 2 heterocycles. The van der Waals surface area contributed by atoms with Crippen LogP contribution in [0, 0.1) is 6.92 Å². The fraction of sp³-hybridized carbons (Fsp3) is 0.357. The molecule has 1 aliphatic rings. The number of thiazole rings is 1. The third-order valence-electron chi connectivity index (χ3n) is 3.25. The third kappa shape index (κ3) is 2.40. The maximum absolute atomic E-state index is 5.41. The number of fused-ring (bicyclic) bond motifs is 1. The summed E-state index contributed by atoms with van der Waals surface area (Å²) in [5.41, 5.74) is 6.88. The zero-order valence-electron chi connectivity index (χ0n) is 10.4. The average Bonchev–Trinajstić information content (AvgIpc) is 2.98. The van der Waals surface area contributed by atoms with Crippen LogP contribution in [-0.2, 0) is 24.4 Å². The SMILES string of the molecule is Cc1ncsc1CCNc1ccc2c(c1)COC2. The molecule has 0 fully saturated rings. The summed E-state index contributed by atoms with van der Waals surface area (Å²) in [5.74, 6) is 0. The molecule has 18 heavy (non-hydrogen) atoms. The second kappa shape index (κ2) is 5.08. The van der Waals surface area contributed by atoms with E-state index in [0.29, 0.717) is 0 Å². The zero-order chi connectivity index (χ0) is 12.4. The van der Waals surface area contributed by atoms with Crippen LogP contribution in [0.15, 0.2) is 23.7 Å². The molecule has 2 aromatic rings. The summed E-state index contributed by atoms with van der Waals surface area (Å²) < 4.78 is 5.41. The number of benzene rings is 1. The van der Waals surface area contributed by atoms with Gasteiger partial charge in [-0.05, 0) is 30.2 Å². The summed E-state index contributed by atoms with van der Waals surface area (Å²) >= 11 is 1.73. The lowest BCUT2D eigenvalue weighted by Crippen LogP contribution is -2.05. The van der Waals surface area contributed by atoms with Gasteiger partial charge in [0.1, 0.15) is 0 Å². The summed E-state index contributed by atoms with van der Waals surface area (Å²) in [6.07, 6.45) is 1.03. The van der Waals surface area contributed by atoms with Gasteiger partial charge in [-0.3, -0.25) is 0 Å². The van der Waals surface area contributed by atoms with Gasteiger partial charge in [0.2, 0.25) is 0 Å². The topological polar surface area (TPSA) is 34.2 Å². The van der Waals surface area contributed by atoms with Crippen molar-refractivity contribution in [3.63, 3.8) is 0 Å². The van der Waals surface area contributed by atoms with Crippen LogP contribution in [0.2, 0.25) is 0 Å². The minimum absolute atomic E-state index is 0.749. The molecule has 4 heteroatoms. The molecule has 94 valence electrons. The van der Waals surface area contributed by atoms with Crippen LogP contribution < -0.4 is 5.32 Å². The second-order valence-electron chi connectivity index (χ2n) is 4.51. The van der Waals surface area contributed by atoms with Gasteiger partial charge < -0.3 is 10.1 Å². The summed E-state index contributed by atoms with van der Waals surface area (Å²) in [6, 6.07) is 6.48. The fourth-order valence-corrected chi connectivity index (χ4v) is 2.95. The maximum Gasteiger partial charge on any atom is 0.0797 e. The Kier molecular flexibility index (Phi) is 3.30. The Bertz CT molecular complexity index is 550. The van der Waals surface area contributed by atoms with E-state index in [2.05, 4.69) is 35.4 Å². The number of rotatable bonds is 4. The second-order valence-corrected chi connectivity index (χ2v) is 5.45. The summed E-state index contributed by atoms with van der Waals surface area (Å²) in [7, 11) is 0. The van der Waals surface area contributed by atoms with Crippen LogP contribution in [0.3, 0.4) is 0 Å². The van der Waals surface area contributed by atoms with E-state index in [1.54, 1.807) is 11.3 Å². The van der Waals surface area contributed by atoms with E-state index in [-0.39, 0.29) is 0 Å². The normalized spacial score (nSPS) is 13.6. The number of aromatic nitrogens is 1. The number of aryl methyl sites for hydroxylation is 1. The Morgan fingerprint density at radius 1 is 1.33 bits per heavy atom. The Morgan fingerprint density at radius 3 is 3.06 bits per heavy atom. The average molecular weight is 260 g/mol. The molecular formula is C14H16N2OS. The molecule has 0 spiro atoms. The van der Waals surface area contributed by atoms with E-state index in [1.807, 2.05) is 5.51 Å². The Morgan fingerprint density at radius 2 is 2.22 bits per heavy atom. The van der Waals surface area contributed by atoms with Gasteiger partial charge in [0.05, 0.1) is 24.4 Å². The molecule has 0 unspecified atom stereocenters. The van der Waals surface area contributed by atoms with Crippen molar-refractivity contribution in [2.75, 3.05) is 11.9 Å². The maximum atomic E-state index is 5.41. The van der Waals surface area contributed by atoms with Crippen LogP contribution in [-0.4, -0.2) is 11.5 Å². The first-order valence-electron chi connectivity index (χ1n) is 6.15. The number of nitrogens with zero attached hydrogens (tertiary/aromatic N) is 1. The molecule has 1 N–H and O–H groups in total. The lowest BCUT2D eigenvalue weighted by atomic mass is 10.1. The van der Waals surface area contributed by atoms with Gasteiger partial charge >= 0.3 is 0 Å². The summed E-state index contributed by atoms with van der Waals surface area (Å²) in [5, 5.41) is 3.46. The molecule has 3 nitrogen and oxygen atoms in total. The van der Waals surface area contributed by atoms with Gasteiger partial charge in [0.15, 0.2) is 0 Å². The Hall–Kier alpha value is -1.39. The number of ether oxygens (including phenoxy) is 1. The van der Waals surface area contributed by atoms with Crippen LogP contribution >= 0.6 is 11.3 Å². The first kappa shape index (κ1) is 11.7. The molecular weight excluding hydrogens is 244 g/mol. The predicted octanol–water partition coefficient (Wildman–Crippen LogP) is 3.14. The number of nitrogens with one attached hydrogen (secondary N) is 1. The lowest BCUT2D eigenvalue weighted by Gasteiger charge is -2.07.